The highest BCUT2D eigenvalue weighted by Gasteiger charge is 2.17. The zero-order valence-electron chi connectivity index (χ0n) is 9.50. The van der Waals surface area contributed by atoms with E-state index in [2.05, 4.69) is 0 Å². The van der Waals surface area contributed by atoms with Crippen LogP contribution in [0.4, 0.5) is 0 Å². The Morgan fingerprint density at radius 1 is 1.12 bits per heavy atom. The van der Waals surface area contributed by atoms with Crippen LogP contribution in [0, 0.1) is 0 Å². The van der Waals surface area contributed by atoms with Gasteiger partial charge in [-0.15, -0.1) is 0 Å². The smallest absolute Gasteiger partial charge is 0.119 e. The lowest BCUT2D eigenvalue weighted by Crippen LogP contribution is -2.21. The zero-order chi connectivity index (χ0) is 12.1. The minimum Gasteiger partial charge on any atom is -0.491 e. The first-order valence-electron chi connectivity index (χ1n) is 5.28. The number of aliphatic hydroxyl groups excluding tert-OH is 3. The number of benzene rings is 1. The Kier molecular flexibility index (Phi) is 4.73. The molecule has 0 aliphatic heterocycles. The maximum Gasteiger partial charge on any atom is 0.119 e. The van der Waals surface area contributed by atoms with Crippen LogP contribution >= 0.6 is 0 Å². The van der Waals surface area contributed by atoms with E-state index in [4.69, 9.17) is 9.84 Å². The second-order valence-corrected chi connectivity index (χ2v) is 3.93. The third-order valence-corrected chi connectivity index (χ3v) is 2.14. The number of rotatable bonds is 5. The Bertz CT molecular complexity index is 307. The molecule has 0 heterocycles. The molecule has 0 saturated carbocycles. The van der Waals surface area contributed by atoms with Gasteiger partial charge in [-0.05, 0) is 31.5 Å². The van der Waals surface area contributed by atoms with Crippen molar-refractivity contribution in [2.75, 3.05) is 6.61 Å². The molecule has 0 spiro atoms. The van der Waals surface area contributed by atoms with Gasteiger partial charge in [0.2, 0.25) is 0 Å². The molecule has 0 aromatic heterocycles. The van der Waals surface area contributed by atoms with Crippen LogP contribution in [0.1, 0.15) is 25.5 Å². The molecule has 0 aliphatic carbocycles. The molecule has 0 aliphatic rings. The van der Waals surface area contributed by atoms with E-state index in [9.17, 15) is 10.2 Å². The van der Waals surface area contributed by atoms with E-state index in [0.717, 1.165) is 0 Å². The Balaban J connectivity index is 2.70. The van der Waals surface area contributed by atoms with Crippen LogP contribution < -0.4 is 4.74 Å². The molecule has 0 saturated heterocycles. The minimum absolute atomic E-state index is 0.0961. The lowest BCUT2D eigenvalue weighted by atomic mass is 10.1. The van der Waals surface area contributed by atoms with Crippen molar-refractivity contribution in [2.24, 2.45) is 0 Å². The minimum atomic E-state index is -1.16. The highest BCUT2D eigenvalue weighted by atomic mass is 16.5. The highest BCUT2D eigenvalue weighted by molar-refractivity contribution is 5.29. The van der Waals surface area contributed by atoms with Crippen molar-refractivity contribution in [3.8, 4) is 5.75 Å². The normalized spacial score (nSPS) is 14.9. The van der Waals surface area contributed by atoms with Crippen LogP contribution in [-0.2, 0) is 0 Å². The highest BCUT2D eigenvalue weighted by Crippen LogP contribution is 2.20. The standard InChI is InChI=1S/C12H18O4/c1-8(2)16-10-5-3-9(4-6-10)12(15)11(14)7-13/h3-6,8,11-15H,7H2,1-2H3. The summed E-state index contributed by atoms with van der Waals surface area (Å²) < 4.78 is 5.44. The first kappa shape index (κ1) is 13.0. The molecule has 0 radical (unpaired) electrons. The second kappa shape index (κ2) is 5.84. The first-order chi connectivity index (χ1) is 7.54. The third-order valence-electron chi connectivity index (χ3n) is 2.14. The summed E-state index contributed by atoms with van der Waals surface area (Å²) in [4.78, 5) is 0. The van der Waals surface area contributed by atoms with Crippen LogP contribution in [0.25, 0.3) is 0 Å². The molecule has 4 heteroatoms. The summed E-state index contributed by atoms with van der Waals surface area (Å²) in [5.41, 5.74) is 0.553. The average Bonchev–Trinajstić information content (AvgIpc) is 2.27. The van der Waals surface area contributed by atoms with Crippen molar-refractivity contribution in [2.45, 2.75) is 32.2 Å². The maximum atomic E-state index is 9.61. The maximum absolute atomic E-state index is 9.61. The summed E-state index contributed by atoms with van der Waals surface area (Å²) in [6.45, 7) is 3.39. The van der Waals surface area contributed by atoms with Gasteiger partial charge in [-0.2, -0.15) is 0 Å². The third kappa shape index (κ3) is 3.48. The van der Waals surface area contributed by atoms with Gasteiger partial charge in [0.25, 0.3) is 0 Å². The topological polar surface area (TPSA) is 69.9 Å². The van der Waals surface area contributed by atoms with Crippen molar-refractivity contribution in [1.29, 1.82) is 0 Å². The van der Waals surface area contributed by atoms with E-state index < -0.39 is 18.8 Å². The average molecular weight is 226 g/mol. The van der Waals surface area contributed by atoms with Gasteiger partial charge in [0, 0.05) is 0 Å². The predicted octanol–water partition coefficient (Wildman–Crippen LogP) is 0.860. The van der Waals surface area contributed by atoms with E-state index in [0.29, 0.717) is 11.3 Å². The van der Waals surface area contributed by atoms with Crippen molar-refractivity contribution >= 4 is 0 Å². The van der Waals surface area contributed by atoms with E-state index in [-0.39, 0.29) is 6.10 Å². The lowest BCUT2D eigenvalue weighted by molar-refractivity contribution is -0.0152. The molecule has 1 rings (SSSR count). The molecule has 0 amide bonds. The van der Waals surface area contributed by atoms with Gasteiger partial charge in [0.05, 0.1) is 12.7 Å². The van der Waals surface area contributed by atoms with Crippen molar-refractivity contribution < 1.29 is 20.1 Å². The molecular weight excluding hydrogens is 208 g/mol. The van der Waals surface area contributed by atoms with E-state index in [1.54, 1.807) is 24.3 Å². The Hall–Kier alpha value is -1.10. The van der Waals surface area contributed by atoms with Crippen molar-refractivity contribution in [1.82, 2.24) is 0 Å². The van der Waals surface area contributed by atoms with Gasteiger partial charge in [0.1, 0.15) is 18.0 Å². The van der Waals surface area contributed by atoms with Crippen LogP contribution in [0.2, 0.25) is 0 Å². The molecule has 2 unspecified atom stereocenters. The first-order valence-corrected chi connectivity index (χ1v) is 5.28. The second-order valence-electron chi connectivity index (χ2n) is 3.93. The van der Waals surface area contributed by atoms with Crippen LogP contribution in [0.5, 0.6) is 5.75 Å². The van der Waals surface area contributed by atoms with Crippen LogP contribution in [0.15, 0.2) is 24.3 Å². The molecule has 3 N–H and O–H groups in total. The number of hydrogen-bond donors (Lipinski definition) is 3. The fourth-order valence-electron chi connectivity index (χ4n) is 1.34. The summed E-state index contributed by atoms with van der Waals surface area (Å²) in [6.07, 6.45) is -2.13. The Morgan fingerprint density at radius 3 is 2.12 bits per heavy atom. The molecule has 90 valence electrons. The SMILES string of the molecule is CC(C)Oc1ccc(C(O)C(O)CO)cc1. The Morgan fingerprint density at radius 2 is 1.69 bits per heavy atom. The quantitative estimate of drug-likeness (QED) is 0.696. The number of ether oxygens (including phenoxy) is 1. The number of hydrogen-bond acceptors (Lipinski definition) is 4. The van der Waals surface area contributed by atoms with E-state index in [1.165, 1.54) is 0 Å². The van der Waals surface area contributed by atoms with E-state index in [1.807, 2.05) is 13.8 Å². The van der Waals surface area contributed by atoms with E-state index >= 15 is 0 Å². The fraction of sp³-hybridized carbons (Fsp3) is 0.500. The Labute approximate surface area is 95.1 Å². The molecule has 0 fully saturated rings. The fourth-order valence-corrected chi connectivity index (χ4v) is 1.34. The molecule has 2 atom stereocenters. The summed E-state index contributed by atoms with van der Waals surface area (Å²) in [5, 5.41) is 27.6. The molecule has 0 bridgehead atoms. The summed E-state index contributed by atoms with van der Waals surface area (Å²) >= 11 is 0. The van der Waals surface area contributed by atoms with Gasteiger partial charge in [0.15, 0.2) is 0 Å². The van der Waals surface area contributed by atoms with Gasteiger partial charge in [-0.3, -0.25) is 0 Å². The van der Waals surface area contributed by atoms with Gasteiger partial charge >= 0.3 is 0 Å². The summed E-state index contributed by atoms with van der Waals surface area (Å²) in [6, 6.07) is 6.79. The predicted molar refractivity (Wildman–Crippen MR) is 60.3 cm³/mol. The van der Waals surface area contributed by atoms with Gasteiger partial charge < -0.3 is 20.1 Å². The molecule has 1 aromatic rings. The van der Waals surface area contributed by atoms with Gasteiger partial charge in [-0.25, -0.2) is 0 Å². The molecule has 4 nitrogen and oxygen atoms in total. The molecule has 16 heavy (non-hydrogen) atoms. The zero-order valence-corrected chi connectivity index (χ0v) is 9.50. The van der Waals surface area contributed by atoms with Crippen LogP contribution in [0.3, 0.4) is 0 Å². The van der Waals surface area contributed by atoms with Crippen molar-refractivity contribution in [3.05, 3.63) is 29.8 Å². The lowest BCUT2D eigenvalue weighted by Gasteiger charge is -2.16. The van der Waals surface area contributed by atoms with Crippen molar-refractivity contribution in [3.63, 3.8) is 0 Å². The summed E-state index contributed by atoms with van der Waals surface area (Å²) in [7, 11) is 0. The summed E-state index contributed by atoms with van der Waals surface area (Å²) in [5.74, 6) is 0.712. The largest absolute Gasteiger partial charge is 0.491 e. The monoisotopic (exact) mass is 226 g/mol. The molecular formula is C12H18O4. The molecule has 1 aromatic carbocycles. The number of aliphatic hydroxyl groups is 3. The van der Waals surface area contributed by atoms with Gasteiger partial charge in [-0.1, -0.05) is 12.1 Å². The van der Waals surface area contributed by atoms with Crippen LogP contribution in [-0.4, -0.2) is 34.1 Å².